The SMILES string of the molecule is O=P(O)(O)[C@H]1CC[C@H](O)C[C@H]1O. The van der Waals surface area contributed by atoms with Gasteiger partial charge in [0.1, 0.15) is 0 Å². The maximum absolute atomic E-state index is 10.8. The summed E-state index contributed by atoms with van der Waals surface area (Å²) in [5.74, 6) is 0. The number of hydrogen-bond donors (Lipinski definition) is 4. The van der Waals surface area contributed by atoms with Crippen LogP contribution in [0.4, 0.5) is 0 Å². The first kappa shape index (κ1) is 10.2. The molecule has 0 radical (unpaired) electrons. The van der Waals surface area contributed by atoms with E-state index < -0.39 is 25.5 Å². The van der Waals surface area contributed by atoms with Gasteiger partial charge in [-0.05, 0) is 12.8 Å². The van der Waals surface area contributed by atoms with Gasteiger partial charge in [-0.2, -0.15) is 0 Å². The molecule has 3 atom stereocenters. The van der Waals surface area contributed by atoms with Gasteiger partial charge in [-0.1, -0.05) is 0 Å². The summed E-state index contributed by atoms with van der Waals surface area (Å²) in [6, 6.07) is 0. The van der Waals surface area contributed by atoms with Crippen LogP contribution in [0.15, 0.2) is 0 Å². The van der Waals surface area contributed by atoms with Crippen LogP contribution in [0, 0.1) is 0 Å². The first-order valence-corrected chi connectivity index (χ1v) is 5.51. The van der Waals surface area contributed by atoms with Gasteiger partial charge in [-0.15, -0.1) is 0 Å². The van der Waals surface area contributed by atoms with E-state index in [1.807, 2.05) is 0 Å². The van der Waals surface area contributed by atoms with E-state index in [2.05, 4.69) is 0 Å². The summed E-state index contributed by atoms with van der Waals surface area (Å²) >= 11 is 0. The van der Waals surface area contributed by atoms with Gasteiger partial charge in [0.15, 0.2) is 0 Å². The lowest BCUT2D eigenvalue weighted by Gasteiger charge is -2.30. The van der Waals surface area contributed by atoms with Crippen molar-refractivity contribution in [1.82, 2.24) is 0 Å². The normalized spacial score (nSPS) is 38.2. The molecule has 72 valence electrons. The Morgan fingerprint density at radius 3 is 2.17 bits per heavy atom. The summed E-state index contributed by atoms with van der Waals surface area (Å²) in [4.78, 5) is 17.5. The molecule has 0 aromatic rings. The summed E-state index contributed by atoms with van der Waals surface area (Å²) in [6.45, 7) is 0. The predicted molar refractivity (Wildman–Crippen MR) is 41.7 cm³/mol. The van der Waals surface area contributed by atoms with Crippen LogP contribution < -0.4 is 0 Å². The van der Waals surface area contributed by atoms with Crippen molar-refractivity contribution in [2.24, 2.45) is 0 Å². The molecule has 0 bridgehead atoms. The van der Waals surface area contributed by atoms with Crippen LogP contribution in [-0.4, -0.2) is 37.9 Å². The van der Waals surface area contributed by atoms with Crippen molar-refractivity contribution < 1.29 is 24.6 Å². The van der Waals surface area contributed by atoms with Crippen molar-refractivity contribution in [3.63, 3.8) is 0 Å². The zero-order valence-electron chi connectivity index (χ0n) is 6.50. The number of aliphatic hydroxyl groups excluding tert-OH is 2. The first-order valence-electron chi connectivity index (χ1n) is 3.82. The fourth-order valence-corrected chi connectivity index (χ4v) is 2.56. The van der Waals surface area contributed by atoms with Gasteiger partial charge in [0, 0.05) is 6.42 Å². The molecular formula is C6H13O5P. The minimum absolute atomic E-state index is 0.0653. The van der Waals surface area contributed by atoms with E-state index in [1.54, 1.807) is 0 Å². The van der Waals surface area contributed by atoms with E-state index in [0.29, 0.717) is 6.42 Å². The molecule has 0 unspecified atom stereocenters. The van der Waals surface area contributed by atoms with Crippen molar-refractivity contribution in [2.45, 2.75) is 37.1 Å². The molecule has 0 aromatic heterocycles. The number of aliphatic hydroxyl groups is 2. The van der Waals surface area contributed by atoms with Crippen molar-refractivity contribution >= 4 is 7.60 Å². The second-order valence-corrected chi connectivity index (χ2v) is 5.03. The van der Waals surface area contributed by atoms with Gasteiger partial charge in [0.25, 0.3) is 0 Å². The van der Waals surface area contributed by atoms with Crippen LogP contribution in [0.3, 0.4) is 0 Å². The van der Waals surface area contributed by atoms with Crippen LogP contribution in [0.25, 0.3) is 0 Å². The van der Waals surface area contributed by atoms with Crippen LogP contribution >= 0.6 is 7.60 Å². The molecule has 0 saturated heterocycles. The Hall–Kier alpha value is 0.0700. The van der Waals surface area contributed by atoms with Crippen LogP contribution in [-0.2, 0) is 4.57 Å². The monoisotopic (exact) mass is 196 g/mol. The Balaban J connectivity index is 2.63. The molecule has 0 amide bonds. The van der Waals surface area contributed by atoms with Crippen LogP contribution in [0.1, 0.15) is 19.3 Å². The summed E-state index contributed by atoms with van der Waals surface area (Å²) < 4.78 is 10.8. The topological polar surface area (TPSA) is 98.0 Å². The molecule has 0 heterocycles. The minimum atomic E-state index is -4.18. The lowest BCUT2D eigenvalue weighted by atomic mass is 9.95. The Kier molecular flexibility index (Phi) is 2.91. The van der Waals surface area contributed by atoms with E-state index in [-0.39, 0.29) is 12.8 Å². The van der Waals surface area contributed by atoms with E-state index >= 15 is 0 Å². The molecule has 0 aromatic carbocycles. The Morgan fingerprint density at radius 1 is 1.17 bits per heavy atom. The minimum Gasteiger partial charge on any atom is -0.393 e. The van der Waals surface area contributed by atoms with Gasteiger partial charge in [0.05, 0.1) is 17.9 Å². The predicted octanol–water partition coefficient (Wildman–Crippen LogP) is -0.562. The zero-order valence-corrected chi connectivity index (χ0v) is 7.39. The fraction of sp³-hybridized carbons (Fsp3) is 1.00. The van der Waals surface area contributed by atoms with Gasteiger partial charge in [0.2, 0.25) is 0 Å². The Morgan fingerprint density at radius 2 is 1.75 bits per heavy atom. The summed E-state index contributed by atoms with van der Waals surface area (Å²) in [5.41, 5.74) is -0.985. The Labute approximate surface area is 70.2 Å². The van der Waals surface area contributed by atoms with Crippen molar-refractivity contribution in [1.29, 1.82) is 0 Å². The number of rotatable bonds is 1. The summed E-state index contributed by atoms with van der Waals surface area (Å²) in [5, 5.41) is 18.3. The van der Waals surface area contributed by atoms with Gasteiger partial charge >= 0.3 is 7.60 Å². The quantitative estimate of drug-likeness (QED) is 0.421. The van der Waals surface area contributed by atoms with Gasteiger partial charge < -0.3 is 20.0 Å². The molecule has 5 nitrogen and oxygen atoms in total. The second kappa shape index (κ2) is 3.44. The molecule has 0 spiro atoms. The third-order valence-electron chi connectivity index (χ3n) is 2.19. The smallest absolute Gasteiger partial charge is 0.331 e. The molecule has 12 heavy (non-hydrogen) atoms. The fourth-order valence-electron chi connectivity index (χ4n) is 1.50. The maximum Gasteiger partial charge on any atom is 0.331 e. The average Bonchev–Trinajstić information content (AvgIpc) is 1.83. The lowest BCUT2D eigenvalue weighted by molar-refractivity contribution is 0.0381. The molecule has 1 aliphatic rings. The van der Waals surface area contributed by atoms with E-state index in [4.69, 9.17) is 14.9 Å². The molecule has 1 saturated carbocycles. The third-order valence-corrected chi connectivity index (χ3v) is 3.65. The number of hydrogen-bond acceptors (Lipinski definition) is 3. The van der Waals surface area contributed by atoms with Crippen LogP contribution in [0.2, 0.25) is 0 Å². The molecular weight excluding hydrogens is 183 g/mol. The van der Waals surface area contributed by atoms with Gasteiger partial charge in [-0.3, -0.25) is 4.57 Å². The molecule has 1 aliphatic carbocycles. The highest BCUT2D eigenvalue weighted by molar-refractivity contribution is 7.52. The summed E-state index contributed by atoms with van der Waals surface area (Å²) in [7, 11) is -4.18. The van der Waals surface area contributed by atoms with Crippen molar-refractivity contribution in [3.8, 4) is 0 Å². The standard InChI is InChI=1S/C6H13O5P/c7-4-1-2-6(5(8)3-4)12(9,10)11/h4-8H,1-3H2,(H2,9,10,11)/t4-,5+,6-/m0/s1. The second-order valence-electron chi connectivity index (χ2n) is 3.19. The zero-order chi connectivity index (χ0) is 9.35. The maximum atomic E-state index is 10.8. The largest absolute Gasteiger partial charge is 0.393 e. The third kappa shape index (κ3) is 2.28. The highest BCUT2D eigenvalue weighted by Gasteiger charge is 2.39. The lowest BCUT2D eigenvalue weighted by Crippen LogP contribution is -2.35. The molecule has 4 N–H and O–H groups in total. The van der Waals surface area contributed by atoms with E-state index in [1.165, 1.54) is 0 Å². The Bertz CT molecular complexity index is 200. The molecule has 1 rings (SSSR count). The first-order chi connectivity index (χ1) is 5.41. The van der Waals surface area contributed by atoms with E-state index in [0.717, 1.165) is 0 Å². The highest BCUT2D eigenvalue weighted by Crippen LogP contribution is 2.47. The van der Waals surface area contributed by atoms with E-state index in [9.17, 15) is 9.67 Å². The van der Waals surface area contributed by atoms with Crippen LogP contribution in [0.5, 0.6) is 0 Å². The molecule has 1 fully saturated rings. The molecule has 6 heteroatoms. The van der Waals surface area contributed by atoms with Crippen molar-refractivity contribution in [2.75, 3.05) is 0 Å². The average molecular weight is 196 g/mol. The highest BCUT2D eigenvalue weighted by atomic mass is 31.2. The summed E-state index contributed by atoms with van der Waals surface area (Å²) in [6.07, 6.45) is -1.09. The van der Waals surface area contributed by atoms with Crippen molar-refractivity contribution in [3.05, 3.63) is 0 Å². The van der Waals surface area contributed by atoms with Gasteiger partial charge in [-0.25, -0.2) is 0 Å². The molecule has 0 aliphatic heterocycles.